The predicted molar refractivity (Wildman–Crippen MR) is 69.1 cm³/mol. The Balaban J connectivity index is 2.13. The van der Waals surface area contributed by atoms with Gasteiger partial charge in [-0.1, -0.05) is 19.3 Å². The molecule has 0 aromatic carbocycles. The van der Waals surface area contributed by atoms with Gasteiger partial charge in [-0.25, -0.2) is 4.79 Å². The molecule has 1 rings (SSSR count). The molecule has 4 heteroatoms. The summed E-state index contributed by atoms with van der Waals surface area (Å²) in [6, 6.07) is 0.504. The summed E-state index contributed by atoms with van der Waals surface area (Å²) in [5.41, 5.74) is 0. The molecule has 0 aromatic rings. The molecular weight excluding hydrogens is 216 g/mol. The van der Waals surface area contributed by atoms with Gasteiger partial charge in [0.05, 0.1) is 0 Å². The van der Waals surface area contributed by atoms with Gasteiger partial charge in [0.2, 0.25) is 0 Å². The highest BCUT2D eigenvalue weighted by atomic mass is 16.5. The first-order valence-corrected chi connectivity index (χ1v) is 6.84. The van der Waals surface area contributed by atoms with E-state index in [1.54, 1.807) is 0 Å². The van der Waals surface area contributed by atoms with E-state index >= 15 is 0 Å². The van der Waals surface area contributed by atoms with E-state index in [1.807, 2.05) is 18.9 Å². The molecule has 0 aliphatic heterocycles. The van der Waals surface area contributed by atoms with Crippen molar-refractivity contribution in [3.8, 4) is 0 Å². The van der Waals surface area contributed by atoms with Crippen molar-refractivity contribution in [2.45, 2.75) is 51.5 Å². The number of nitrogens with zero attached hydrogens (tertiary/aromatic N) is 1. The number of amides is 2. The third-order valence-electron chi connectivity index (χ3n) is 3.39. The van der Waals surface area contributed by atoms with E-state index in [-0.39, 0.29) is 6.03 Å². The molecule has 0 saturated heterocycles. The van der Waals surface area contributed by atoms with Crippen LogP contribution in [0.5, 0.6) is 0 Å². The molecular formula is C13H26N2O2. The van der Waals surface area contributed by atoms with E-state index in [1.165, 1.54) is 19.3 Å². The van der Waals surface area contributed by atoms with Crippen LogP contribution in [-0.2, 0) is 4.74 Å². The highest BCUT2D eigenvalue weighted by Gasteiger charge is 2.21. The second-order valence-electron chi connectivity index (χ2n) is 4.69. The van der Waals surface area contributed by atoms with Gasteiger partial charge in [0.1, 0.15) is 0 Å². The third-order valence-corrected chi connectivity index (χ3v) is 3.39. The third kappa shape index (κ3) is 5.39. The average molecular weight is 242 g/mol. The minimum Gasteiger partial charge on any atom is -0.382 e. The summed E-state index contributed by atoms with van der Waals surface area (Å²) >= 11 is 0. The zero-order valence-corrected chi connectivity index (χ0v) is 11.2. The van der Waals surface area contributed by atoms with Crippen molar-refractivity contribution in [2.75, 3.05) is 26.8 Å². The number of carbonyl (C=O) groups excluding carboxylic acids is 1. The molecule has 1 fully saturated rings. The Morgan fingerprint density at radius 3 is 2.71 bits per heavy atom. The van der Waals surface area contributed by atoms with Gasteiger partial charge >= 0.3 is 6.03 Å². The second kappa shape index (κ2) is 8.34. The Bertz CT molecular complexity index is 215. The maximum atomic E-state index is 11.8. The molecule has 0 radical (unpaired) electrons. The molecule has 0 spiro atoms. The summed E-state index contributed by atoms with van der Waals surface area (Å²) in [4.78, 5) is 13.7. The van der Waals surface area contributed by atoms with Crippen LogP contribution in [0.1, 0.15) is 45.4 Å². The normalized spacial score (nSPS) is 16.8. The Kier molecular flexibility index (Phi) is 7.01. The van der Waals surface area contributed by atoms with Gasteiger partial charge in [-0.15, -0.1) is 0 Å². The van der Waals surface area contributed by atoms with E-state index in [9.17, 15) is 4.79 Å². The van der Waals surface area contributed by atoms with Crippen LogP contribution in [0.15, 0.2) is 0 Å². The predicted octanol–water partition coefficient (Wildman–Crippen LogP) is 2.39. The van der Waals surface area contributed by atoms with Crippen molar-refractivity contribution in [3.63, 3.8) is 0 Å². The van der Waals surface area contributed by atoms with Crippen LogP contribution in [0.25, 0.3) is 0 Å². The Morgan fingerprint density at radius 1 is 1.35 bits per heavy atom. The van der Waals surface area contributed by atoms with Gasteiger partial charge < -0.3 is 15.0 Å². The standard InChI is InChI=1S/C13H26N2O2/c1-3-17-11-7-10-14-13(16)15(2)12-8-5-4-6-9-12/h12H,3-11H2,1-2H3,(H,14,16). The smallest absolute Gasteiger partial charge is 0.317 e. The SMILES string of the molecule is CCOCCCNC(=O)N(C)C1CCCCC1. The highest BCUT2D eigenvalue weighted by molar-refractivity contribution is 5.74. The molecule has 0 unspecified atom stereocenters. The minimum absolute atomic E-state index is 0.0633. The van der Waals surface area contributed by atoms with Crippen LogP contribution in [0.3, 0.4) is 0 Å². The quantitative estimate of drug-likeness (QED) is 0.727. The molecule has 2 amide bonds. The van der Waals surface area contributed by atoms with E-state index < -0.39 is 0 Å². The summed E-state index contributed by atoms with van der Waals surface area (Å²) in [7, 11) is 1.91. The van der Waals surface area contributed by atoms with Crippen molar-refractivity contribution < 1.29 is 9.53 Å². The number of hydrogen-bond acceptors (Lipinski definition) is 2. The van der Waals surface area contributed by atoms with E-state index in [2.05, 4.69) is 5.32 Å². The van der Waals surface area contributed by atoms with Crippen molar-refractivity contribution >= 4 is 6.03 Å². The lowest BCUT2D eigenvalue weighted by molar-refractivity contribution is 0.142. The largest absolute Gasteiger partial charge is 0.382 e. The first-order chi connectivity index (χ1) is 8.25. The fourth-order valence-electron chi connectivity index (χ4n) is 2.27. The van der Waals surface area contributed by atoms with Crippen LogP contribution < -0.4 is 5.32 Å². The van der Waals surface area contributed by atoms with Gasteiger partial charge in [-0.05, 0) is 26.2 Å². The van der Waals surface area contributed by atoms with Crippen LogP contribution in [0.4, 0.5) is 4.79 Å². The molecule has 17 heavy (non-hydrogen) atoms. The molecule has 0 aromatic heterocycles. The zero-order valence-electron chi connectivity index (χ0n) is 11.2. The van der Waals surface area contributed by atoms with Gasteiger partial charge in [-0.3, -0.25) is 0 Å². The van der Waals surface area contributed by atoms with Crippen LogP contribution >= 0.6 is 0 Å². The van der Waals surface area contributed by atoms with Crippen LogP contribution in [0, 0.1) is 0 Å². The molecule has 0 atom stereocenters. The monoisotopic (exact) mass is 242 g/mol. The van der Waals surface area contributed by atoms with Crippen molar-refractivity contribution in [3.05, 3.63) is 0 Å². The molecule has 4 nitrogen and oxygen atoms in total. The summed E-state index contributed by atoms with van der Waals surface area (Å²) in [5.74, 6) is 0. The molecule has 1 aliphatic rings. The summed E-state index contributed by atoms with van der Waals surface area (Å²) in [5, 5.41) is 2.95. The molecule has 100 valence electrons. The molecule has 1 aliphatic carbocycles. The number of carbonyl (C=O) groups is 1. The highest BCUT2D eigenvalue weighted by Crippen LogP contribution is 2.21. The van der Waals surface area contributed by atoms with E-state index in [4.69, 9.17) is 4.74 Å². The Hall–Kier alpha value is -0.770. The van der Waals surface area contributed by atoms with E-state index in [0.717, 1.165) is 32.5 Å². The summed E-state index contributed by atoms with van der Waals surface area (Å²) in [6.45, 7) is 4.16. The number of rotatable bonds is 6. The first kappa shape index (κ1) is 14.3. The molecule has 1 N–H and O–H groups in total. The molecule has 0 heterocycles. The molecule has 1 saturated carbocycles. The zero-order chi connectivity index (χ0) is 12.5. The maximum absolute atomic E-state index is 11.8. The number of urea groups is 1. The lowest BCUT2D eigenvalue weighted by Gasteiger charge is -2.31. The lowest BCUT2D eigenvalue weighted by Crippen LogP contribution is -2.44. The second-order valence-corrected chi connectivity index (χ2v) is 4.69. The van der Waals surface area contributed by atoms with Crippen molar-refractivity contribution in [1.29, 1.82) is 0 Å². The fourth-order valence-corrected chi connectivity index (χ4v) is 2.27. The summed E-state index contributed by atoms with van der Waals surface area (Å²) < 4.78 is 5.23. The van der Waals surface area contributed by atoms with Crippen LogP contribution in [0.2, 0.25) is 0 Å². The van der Waals surface area contributed by atoms with Gasteiger partial charge in [-0.2, -0.15) is 0 Å². The van der Waals surface area contributed by atoms with Crippen LogP contribution in [-0.4, -0.2) is 43.8 Å². The Labute approximate surface area is 105 Å². The Morgan fingerprint density at radius 2 is 2.06 bits per heavy atom. The maximum Gasteiger partial charge on any atom is 0.317 e. The lowest BCUT2D eigenvalue weighted by atomic mass is 9.95. The number of ether oxygens (including phenoxy) is 1. The first-order valence-electron chi connectivity index (χ1n) is 6.84. The minimum atomic E-state index is 0.0633. The van der Waals surface area contributed by atoms with Crippen molar-refractivity contribution in [1.82, 2.24) is 10.2 Å². The van der Waals surface area contributed by atoms with E-state index in [0.29, 0.717) is 12.6 Å². The van der Waals surface area contributed by atoms with Gasteiger partial charge in [0.15, 0.2) is 0 Å². The number of nitrogens with one attached hydrogen (secondary N) is 1. The fraction of sp³-hybridized carbons (Fsp3) is 0.923. The van der Waals surface area contributed by atoms with Gasteiger partial charge in [0.25, 0.3) is 0 Å². The summed E-state index contributed by atoms with van der Waals surface area (Å²) in [6.07, 6.45) is 7.03. The molecule has 0 bridgehead atoms. The number of hydrogen-bond donors (Lipinski definition) is 1. The average Bonchev–Trinajstić information content (AvgIpc) is 2.38. The van der Waals surface area contributed by atoms with Gasteiger partial charge in [0, 0.05) is 32.8 Å². The topological polar surface area (TPSA) is 41.6 Å². The van der Waals surface area contributed by atoms with Crippen molar-refractivity contribution in [2.24, 2.45) is 0 Å².